The summed E-state index contributed by atoms with van der Waals surface area (Å²) in [6, 6.07) is 10.9. The molecule has 3 aromatic rings. The first-order valence-corrected chi connectivity index (χ1v) is 6.75. The van der Waals surface area contributed by atoms with Crippen LogP contribution in [0.2, 0.25) is 0 Å². The number of nitrogens with one attached hydrogen (secondary N) is 2. The lowest BCUT2D eigenvalue weighted by molar-refractivity contribution is -0.117. The van der Waals surface area contributed by atoms with Gasteiger partial charge in [0.05, 0.1) is 17.9 Å². The van der Waals surface area contributed by atoms with E-state index in [4.69, 9.17) is 5.73 Å². The normalized spacial score (nSPS) is 12.2. The largest absolute Gasteiger partial charge is 0.361 e. The van der Waals surface area contributed by atoms with Gasteiger partial charge < -0.3 is 16.0 Å². The maximum Gasteiger partial charge on any atom is 0.241 e. The number of fused-ring (bicyclic) bond motifs is 1. The zero-order chi connectivity index (χ0) is 14.7. The second kappa shape index (κ2) is 5.76. The van der Waals surface area contributed by atoms with Gasteiger partial charge in [0.2, 0.25) is 5.91 Å². The first-order valence-electron chi connectivity index (χ1n) is 6.75. The van der Waals surface area contributed by atoms with Crippen LogP contribution in [-0.4, -0.2) is 21.9 Å². The van der Waals surface area contributed by atoms with Crippen molar-refractivity contribution < 1.29 is 4.79 Å². The van der Waals surface area contributed by atoms with E-state index in [1.165, 1.54) is 0 Å². The number of rotatable bonds is 4. The van der Waals surface area contributed by atoms with Crippen LogP contribution in [0.1, 0.15) is 5.56 Å². The van der Waals surface area contributed by atoms with Crippen molar-refractivity contribution in [1.29, 1.82) is 0 Å². The molecule has 4 N–H and O–H groups in total. The molecule has 5 heteroatoms. The van der Waals surface area contributed by atoms with Crippen molar-refractivity contribution in [1.82, 2.24) is 9.97 Å². The molecule has 3 rings (SSSR count). The fraction of sp³-hybridized carbons (Fsp3) is 0.125. The number of benzene rings is 1. The van der Waals surface area contributed by atoms with E-state index in [2.05, 4.69) is 15.3 Å². The van der Waals surface area contributed by atoms with Gasteiger partial charge in [-0.1, -0.05) is 18.2 Å². The number of aromatic nitrogens is 2. The number of carbonyl (C=O) groups is 1. The zero-order valence-electron chi connectivity index (χ0n) is 11.4. The number of carbonyl (C=O) groups excluding carboxylic acids is 1. The number of hydrogen-bond acceptors (Lipinski definition) is 3. The maximum atomic E-state index is 12.1. The number of para-hydroxylation sites is 1. The summed E-state index contributed by atoms with van der Waals surface area (Å²) in [6.45, 7) is 0. The molecule has 0 aliphatic carbocycles. The van der Waals surface area contributed by atoms with Crippen LogP contribution in [0.4, 0.5) is 5.69 Å². The third kappa shape index (κ3) is 2.93. The molecule has 5 nitrogen and oxygen atoms in total. The fourth-order valence-electron chi connectivity index (χ4n) is 2.30. The van der Waals surface area contributed by atoms with Gasteiger partial charge in [-0.3, -0.25) is 9.78 Å². The highest BCUT2D eigenvalue weighted by Crippen LogP contribution is 2.19. The molecule has 106 valence electrons. The summed E-state index contributed by atoms with van der Waals surface area (Å²) in [7, 11) is 0. The zero-order valence-corrected chi connectivity index (χ0v) is 11.4. The Balaban J connectivity index is 1.71. The molecular formula is C16H16N4O. The molecule has 0 saturated carbocycles. The molecule has 0 aliphatic heterocycles. The van der Waals surface area contributed by atoms with Crippen LogP contribution in [0.5, 0.6) is 0 Å². The van der Waals surface area contributed by atoms with Crippen LogP contribution in [0.25, 0.3) is 10.9 Å². The van der Waals surface area contributed by atoms with Crippen LogP contribution < -0.4 is 11.1 Å². The van der Waals surface area contributed by atoms with Crippen molar-refractivity contribution in [3.63, 3.8) is 0 Å². The average molecular weight is 280 g/mol. The number of hydrogen-bond donors (Lipinski definition) is 3. The van der Waals surface area contributed by atoms with E-state index < -0.39 is 6.04 Å². The molecule has 0 fully saturated rings. The third-order valence-electron chi connectivity index (χ3n) is 3.38. The van der Waals surface area contributed by atoms with Crippen molar-refractivity contribution >= 4 is 22.5 Å². The van der Waals surface area contributed by atoms with Gasteiger partial charge in [-0.25, -0.2) is 0 Å². The smallest absolute Gasteiger partial charge is 0.241 e. The number of H-pyrrole nitrogens is 1. The van der Waals surface area contributed by atoms with E-state index >= 15 is 0 Å². The summed E-state index contributed by atoms with van der Waals surface area (Å²) in [4.78, 5) is 19.2. The number of aromatic amines is 1. The molecule has 2 aromatic heterocycles. The summed E-state index contributed by atoms with van der Waals surface area (Å²) in [5.74, 6) is -0.215. The van der Waals surface area contributed by atoms with Crippen LogP contribution in [0, 0.1) is 0 Å². The van der Waals surface area contributed by atoms with Gasteiger partial charge in [-0.2, -0.15) is 0 Å². The van der Waals surface area contributed by atoms with E-state index in [-0.39, 0.29) is 5.91 Å². The van der Waals surface area contributed by atoms with E-state index in [1.807, 2.05) is 30.5 Å². The Kier molecular flexibility index (Phi) is 3.66. The third-order valence-corrected chi connectivity index (χ3v) is 3.38. The van der Waals surface area contributed by atoms with Crippen molar-refractivity contribution in [2.24, 2.45) is 5.73 Å². The molecular weight excluding hydrogens is 264 g/mol. The van der Waals surface area contributed by atoms with Crippen LogP contribution >= 0.6 is 0 Å². The van der Waals surface area contributed by atoms with Crippen molar-refractivity contribution in [3.05, 3.63) is 60.6 Å². The number of nitrogens with zero attached hydrogens (tertiary/aromatic N) is 1. The number of nitrogens with two attached hydrogens (primary N) is 1. The molecule has 21 heavy (non-hydrogen) atoms. The molecule has 0 unspecified atom stereocenters. The van der Waals surface area contributed by atoms with Gasteiger partial charge >= 0.3 is 0 Å². The topological polar surface area (TPSA) is 83.8 Å². The molecule has 1 atom stereocenters. The van der Waals surface area contributed by atoms with Crippen LogP contribution in [0.3, 0.4) is 0 Å². The summed E-state index contributed by atoms with van der Waals surface area (Å²) < 4.78 is 0. The molecule has 1 amide bonds. The number of pyridine rings is 1. The van der Waals surface area contributed by atoms with Crippen LogP contribution in [0.15, 0.2) is 55.0 Å². The van der Waals surface area contributed by atoms with Crippen LogP contribution in [-0.2, 0) is 11.2 Å². The second-order valence-corrected chi connectivity index (χ2v) is 4.90. The monoisotopic (exact) mass is 280 g/mol. The Hall–Kier alpha value is -2.66. The Morgan fingerprint density at radius 3 is 2.95 bits per heavy atom. The minimum absolute atomic E-state index is 0.215. The van der Waals surface area contributed by atoms with E-state index in [1.54, 1.807) is 24.5 Å². The predicted octanol–water partition coefficient (Wildman–Crippen LogP) is 2.07. The summed E-state index contributed by atoms with van der Waals surface area (Å²) in [5, 5.41) is 3.86. The van der Waals surface area contributed by atoms with Crippen molar-refractivity contribution in [2.45, 2.75) is 12.5 Å². The molecule has 1 aromatic carbocycles. The molecule has 0 spiro atoms. The van der Waals surface area contributed by atoms with Crippen molar-refractivity contribution in [3.8, 4) is 0 Å². The Morgan fingerprint density at radius 2 is 2.14 bits per heavy atom. The minimum Gasteiger partial charge on any atom is -0.361 e. The highest BCUT2D eigenvalue weighted by atomic mass is 16.2. The van der Waals surface area contributed by atoms with Gasteiger partial charge in [-0.05, 0) is 30.2 Å². The summed E-state index contributed by atoms with van der Waals surface area (Å²) >= 11 is 0. The lowest BCUT2D eigenvalue weighted by Crippen LogP contribution is -2.37. The summed E-state index contributed by atoms with van der Waals surface area (Å²) in [5.41, 5.74) is 8.74. The predicted molar refractivity (Wildman–Crippen MR) is 82.8 cm³/mol. The fourth-order valence-corrected chi connectivity index (χ4v) is 2.30. The lowest BCUT2D eigenvalue weighted by atomic mass is 10.1. The highest BCUT2D eigenvalue weighted by Gasteiger charge is 2.16. The Morgan fingerprint density at radius 1 is 1.29 bits per heavy atom. The molecule has 0 radical (unpaired) electrons. The van der Waals surface area contributed by atoms with E-state index in [0.717, 1.165) is 16.5 Å². The van der Waals surface area contributed by atoms with Gasteiger partial charge in [0, 0.05) is 23.3 Å². The van der Waals surface area contributed by atoms with E-state index in [0.29, 0.717) is 12.1 Å². The Labute approximate surface area is 122 Å². The van der Waals surface area contributed by atoms with Gasteiger partial charge in [0.25, 0.3) is 0 Å². The standard InChI is InChI=1S/C16H16N4O/c17-14(16(21)20-12-4-3-7-18-10-12)8-11-9-19-15-6-2-1-5-13(11)15/h1-7,9-10,14,19H,8,17H2,(H,20,21)/t14-/m1/s1. The Bertz CT molecular complexity index is 751. The summed E-state index contributed by atoms with van der Waals surface area (Å²) in [6.07, 6.45) is 5.63. The van der Waals surface area contributed by atoms with E-state index in [9.17, 15) is 4.79 Å². The first kappa shape index (κ1) is 13.3. The number of anilines is 1. The second-order valence-electron chi connectivity index (χ2n) is 4.90. The quantitative estimate of drug-likeness (QED) is 0.684. The highest BCUT2D eigenvalue weighted by molar-refractivity contribution is 5.95. The van der Waals surface area contributed by atoms with Gasteiger partial charge in [0.15, 0.2) is 0 Å². The van der Waals surface area contributed by atoms with Crippen molar-refractivity contribution in [2.75, 3.05) is 5.32 Å². The minimum atomic E-state index is -0.607. The van der Waals surface area contributed by atoms with Gasteiger partial charge in [-0.15, -0.1) is 0 Å². The molecule has 2 heterocycles. The molecule has 0 bridgehead atoms. The first-order chi connectivity index (χ1) is 10.2. The lowest BCUT2D eigenvalue weighted by Gasteiger charge is -2.11. The van der Waals surface area contributed by atoms with Gasteiger partial charge in [0.1, 0.15) is 0 Å². The average Bonchev–Trinajstić information content (AvgIpc) is 2.91. The number of amides is 1. The SMILES string of the molecule is N[C@H](Cc1c[nH]c2ccccc12)C(=O)Nc1cccnc1. The maximum absolute atomic E-state index is 12.1. The molecule has 0 saturated heterocycles. The molecule has 0 aliphatic rings.